The molecule has 1 saturated heterocycles. The topological polar surface area (TPSA) is 50.2 Å². The summed E-state index contributed by atoms with van der Waals surface area (Å²) >= 11 is 1.51. The number of hydrogen-bond donors (Lipinski definition) is 1. The molecule has 0 radical (unpaired) electrons. The van der Waals surface area contributed by atoms with Gasteiger partial charge in [0.25, 0.3) is 0 Å². The van der Waals surface area contributed by atoms with Crippen LogP contribution in [-0.4, -0.2) is 21.8 Å². The van der Waals surface area contributed by atoms with E-state index in [9.17, 15) is 9.90 Å². The van der Waals surface area contributed by atoms with Crippen molar-refractivity contribution in [1.82, 2.24) is 4.98 Å². The van der Waals surface area contributed by atoms with Gasteiger partial charge >= 0.3 is 5.97 Å². The third kappa shape index (κ3) is 1.86. The lowest BCUT2D eigenvalue weighted by Gasteiger charge is -2.31. The molecule has 4 heteroatoms. The normalized spacial score (nSPS) is 26.1. The van der Waals surface area contributed by atoms with Gasteiger partial charge in [0.05, 0.1) is 5.69 Å². The van der Waals surface area contributed by atoms with Crippen LogP contribution in [0.1, 0.15) is 25.0 Å². The highest BCUT2D eigenvalue weighted by Crippen LogP contribution is 2.44. The van der Waals surface area contributed by atoms with Crippen molar-refractivity contribution in [3.05, 3.63) is 30.1 Å². The third-order valence-electron chi connectivity index (χ3n) is 2.70. The Hall–Kier alpha value is -1.03. The van der Waals surface area contributed by atoms with Crippen LogP contribution in [0.4, 0.5) is 0 Å². The lowest BCUT2D eigenvalue weighted by atomic mass is 9.96. The molecule has 80 valence electrons. The van der Waals surface area contributed by atoms with Crippen LogP contribution in [0, 0.1) is 0 Å². The van der Waals surface area contributed by atoms with Crippen LogP contribution in [0.2, 0.25) is 0 Å². The minimum atomic E-state index is -0.806. The van der Waals surface area contributed by atoms with E-state index in [1.165, 1.54) is 11.8 Å². The fourth-order valence-electron chi connectivity index (χ4n) is 1.88. The fourth-order valence-corrected chi connectivity index (χ4v) is 3.25. The Labute approximate surface area is 92.9 Å². The molecule has 0 bridgehead atoms. The second-order valence-electron chi connectivity index (χ2n) is 3.65. The molecule has 0 amide bonds. The van der Waals surface area contributed by atoms with Gasteiger partial charge in [0.1, 0.15) is 0 Å². The molecule has 1 aromatic rings. The van der Waals surface area contributed by atoms with E-state index in [0.29, 0.717) is 12.1 Å². The highest BCUT2D eigenvalue weighted by Gasteiger charge is 2.43. The quantitative estimate of drug-likeness (QED) is 0.835. The maximum Gasteiger partial charge on any atom is 0.325 e. The molecule has 0 aromatic carbocycles. The Morgan fingerprint density at radius 1 is 1.47 bits per heavy atom. The molecule has 3 nitrogen and oxygen atoms in total. The lowest BCUT2D eigenvalue weighted by molar-refractivity contribution is -0.140. The van der Waals surface area contributed by atoms with E-state index in [4.69, 9.17) is 0 Å². The molecule has 1 fully saturated rings. The number of hydrogen-bond acceptors (Lipinski definition) is 3. The van der Waals surface area contributed by atoms with Gasteiger partial charge in [-0.1, -0.05) is 12.5 Å². The fraction of sp³-hybridized carbons (Fsp3) is 0.455. The van der Waals surface area contributed by atoms with Crippen molar-refractivity contribution in [2.45, 2.75) is 24.0 Å². The van der Waals surface area contributed by atoms with Gasteiger partial charge in [-0.05, 0) is 30.7 Å². The molecule has 1 aliphatic rings. The predicted molar refractivity (Wildman–Crippen MR) is 59.9 cm³/mol. The Morgan fingerprint density at radius 3 is 2.87 bits per heavy atom. The zero-order chi connectivity index (χ0) is 10.7. The Balaban J connectivity index is 2.38. The van der Waals surface area contributed by atoms with E-state index >= 15 is 0 Å². The van der Waals surface area contributed by atoms with Crippen LogP contribution in [0.15, 0.2) is 24.4 Å². The van der Waals surface area contributed by atoms with E-state index in [1.54, 1.807) is 6.20 Å². The molecule has 2 rings (SSSR count). The third-order valence-corrected chi connectivity index (χ3v) is 4.27. The van der Waals surface area contributed by atoms with Crippen molar-refractivity contribution in [2.24, 2.45) is 0 Å². The minimum Gasteiger partial charge on any atom is -0.480 e. The summed E-state index contributed by atoms with van der Waals surface area (Å²) in [5.74, 6) is 0.147. The SMILES string of the molecule is O=C(O)[C@]1(c2ccccn2)CCCCS1. The monoisotopic (exact) mass is 223 g/mol. The van der Waals surface area contributed by atoms with Crippen LogP contribution in [0.5, 0.6) is 0 Å². The van der Waals surface area contributed by atoms with Crippen LogP contribution < -0.4 is 0 Å². The average Bonchev–Trinajstić information content (AvgIpc) is 2.31. The Kier molecular flexibility index (Phi) is 2.95. The zero-order valence-corrected chi connectivity index (χ0v) is 9.17. The average molecular weight is 223 g/mol. The largest absolute Gasteiger partial charge is 0.480 e. The number of carboxylic acid groups (broad SMARTS) is 1. The predicted octanol–water partition coefficient (Wildman–Crippen LogP) is 2.28. The molecule has 2 heterocycles. The van der Waals surface area contributed by atoms with Crippen molar-refractivity contribution in [3.63, 3.8) is 0 Å². The summed E-state index contributed by atoms with van der Waals surface area (Å²) in [7, 11) is 0. The number of aromatic nitrogens is 1. The van der Waals surface area contributed by atoms with Gasteiger partial charge in [0, 0.05) is 6.20 Å². The van der Waals surface area contributed by atoms with Crippen molar-refractivity contribution < 1.29 is 9.90 Å². The van der Waals surface area contributed by atoms with Crippen LogP contribution in [-0.2, 0) is 9.54 Å². The number of rotatable bonds is 2. The van der Waals surface area contributed by atoms with Crippen molar-refractivity contribution in [1.29, 1.82) is 0 Å². The van der Waals surface area contributed by atoms with Gasteiger partial charge in [-0.15, -0.1) is 11.8 Å². The van der Waals surface area contributed by atoms with Crippen molar-refractivity contribution >= 4 is 17.7 Å². The molecule has 1 N–H and O–H groups in total. The molecule has 1 atom stereocenters. The van der Waals surface area contributed by atoms with Gasteiger partial charge in [-0.25, -0.2) is 0 Å². The highest BCUT2D eigenvalue weighted by molar-refractivity contribution is 8.01. The molecule has 0 aliphatic carbocycles. The standard InChI is InChI=1S/C11H13NO2S/c13-10(14)11(6-2-4-8-15-11)9-5-1-3-7-12-9/h1,3,5,7H,2,4,6,8H2,(H,13,14)/t11-/m1/s1. The van der Waals surface area contributed by atoms with Crippen molar-refractivity contribution in [2.75, 3.05) is 5.75 Å². The zero-order valence-electron chi connectivity index (χ0n) is 8.35. The lowest BCUT2D eigenvalue weighted by Crippen LogP contribution is -2.35. The first-order valence-corrected chi connectivity index (χ1v) is 6.03. The van der Waals surface area contributed by atoms with Crippen LogP contribution in [0.3, 0.4) is 0 Å². The first-order valence-electron chi connectivity index (χ1n) is 5.04. The molecular formula is C11H13NO2S. The number of nitrogens with zero attached hydrogens (tertiary/aromatic N) is 1. The summed E-state index contributed by atoms with van der Waals surface area (Å²) in [5.41, 5.74) is 0.683. The van der Waals surface area contributed by atoms with E-state index in [-0.39, 0.29) is 0 Å². The number of carboxylic acids is 1. The van der Waals surface area contributed by atoms with Gasteiger partial charge in [-0.2, -0.15) is 0 Å². The molecule has 0 saturated carbocycles. The first-order chi connectivity index (χ1) is 7.26. The summed E-state index contributed by atoms with van der Waals surface area (Å²) < 4.78 is -0.806. The molecule has 1 aromatic heterocycles. The number of thioether (sulfide) groups is 1. The van der Waals surface area contributed by atoms with Crippen LogP contribution >= 0.6 is 11.8 Å². The van der Waals surface area contributed by atoms with E-state index in [0.717, 1.165) is 18.6 Å². The number of carbonyl (C=O) groups is 1. The molecular weight excluding hydrogens is 210 g/mol. The second kappa shape index (κ2) is 4.23. The minimum absolute atomic E-state index is 0.683. The Morgan fingerprint density at radius 2 is 2.33 bits per heavy atom. The molecule has 1 aliphatic heterocycles. The van der Waals surface area contributed by atoms with E-state index < -0.39 is 10.7 Å². The first kappa shape index (κ1) is 10.5. The molecule has 0 unspecified atom stereocenters. The summed E-state index contributed by atoms with van der Waals surface area (Å²) in [4.78, 5) is 15.6. The van der Waals surface area contributed by atoms with Gasteiger partial charge < -0.3 is 5.11 Å². The summed E-state index contributed by atoms with van der Waals surface area (Å²) in [6, 6.07) is 5.47. The number of pyridine rings is 1. The number of aliphatic carboxylic acids is 1. The van der Waals surface area contributed by atoms with E-state index in [1.807, 2.05) is 18.2 Å². The smallest absolute Gasteiger partial charge is 0.325 e. The van der Waals surface area contributed by atoms with Crippen LogP contribution in [0.25, 0.3) is 0 Å². The summed E-state index contributed by atoms with van der Waals surface area (Å²) in [6.07, 6.45) is 4.42. The molecule has 0 spiro atoms. The van der Waals surface area contributed by atoms with Gasteiger partial charge in [-0.3, -0.25) is 9.78 Å². The second-order valence-corrected chi connectivity index (χ2v) is 5.05. The summed E-state index contributed by atoms with van der Waals surface area (Å²) in [5, 5.41) is 9.38. The summed E-state index contributed by atoms with van der Waals surface area (Å²) in [6.45, 7) is 0. The maximum atomic E-state index is 11.4. The van der Waals surface area contributed by atoms with Crippen molar-refractivity contribution in [3.8, 4) is 0 Å². The van der Waals surface area contributed by atoms with Gasteiger partial charge in [0.2, 0.25) is 0 Å². The Bertz CT molecular complexity index is 347. The maximum absolute atomic E-state index is 11.4. The van der Waals surface area contributed by atoms with E-state index in [2.05, 4.69) is 4.98 Å². The molecule has 15 heavy (non-hydrogen) atoms. The highest BCUT2D eigenvalue weighted by atomic mass is 32.2. The van der Waals surface area contributed by atoms with Gasteiger partial charge in [0.15, 0.2) is 4.75 Å².